The van der Waals surface area contributed by atoms with Crippen molar-refractivity contribution in [2.45, 2.75) is 46.0 Å². The molecule has 2 saturated heterocycles. The Balaban J connectivity index is 1.85. The summed E-state index contributed by atoms with van der Waals surface area (Å²) in [7, 11) is 0. The first-order valence-electron chi connectivity index (χ1n) is 8.17. The fraction of sp³-hybridized carbons (Fsp3) is 0.875. The molecule has 5 heteroatoms. The first kappa shape index (κ1) is 16.3. The van der Waals surface area contributed by atoms with Crippen molar-refractivity contribution < 1.29 is 14.7 Å². The molecular formula is C16H28N2O3. The van der Waals surface area contributed by atoms with Crippen molar-refractivity contribution in [2.24, 2.45) is 17.3 Å². The quantitative estimate of drug-likeness (QED) is 0.810. The van der Waals surface area contributed by atoms with E-state index in [0.717, 1.165) is 19.5 Å². The van der Waals surface area contributed by atoms with Crippen LogP contribution in [-0.4, -0.2) is 48.1 Å². The summed E-state index contributed by atoms with van der Waals surface area (Å²) in [5, 5.41) is 12.9. The second kappa shape index (κ2) is 6.77. The smallest absolute Gasteiger partial charge is 0.311 e. The summed E-state index contributed by atoms with van der Waals surface area (Å²) in [6.07, 6.45) is 4.45. The first-order chi connectivity index (χ1) is 9.95. The summed E-state index contributed by atoms with van der Waals surface area (Å²) < 4.78 is 0. The van der Waals surface area contributed by atoms with Gasteiger partial charge in [0.25, 0.3) is 0 Å². The van der Waals surface area contributed by atoms with Gasteiger partial charge in [0.05, 0.1) is 5.41 Å². The molecule has 2 fully saturated rings. The SMILES string of the molecule is CC(C)C1(C(=O)O)CCN(C(=O)CCC2CCCNC2)C1. The normalized spacial score (nSPS) is 29.9. The van der Waals surface area contributed by atoms with E-state index in [0.29, 0.717) is 31.8 Å². The highest BCUT2D eigenvalue weighted by molar-refractivity contribution is 5.80. The summed E-state index contributed by atoms with van der Waals surface area (Å²) in [5.74, 6) is 0.0172. The number of rotatable bonds is 5. The molecule has 2 aliphatic rings. The maximum Gasteiger partial charge on any atom is 0.311 e. The van der Waals surface area contributed by atoms with E-state index in [1.54, 1.807) is 4.90 Å². The van der Waals surface area contributed by atoms with Crippen LogP contribution in [0.2, 0.25) is 0 Å². The van der Waals surface area contributed by atoms with Crippen LogP contribution in [0.5, 0.6) is 0 Å². The van der Waals surface area contributed by atoms with Gasteiger partial charge < -0.3 is 15.3 Å². The van der Waals surface area contributed by atoms with Gasteiger partial charge in [0, 0.05) is 19.5 Å². The summed E-state index contributed by atoms with van der Waals surface area (Å²) in [6, 6.07) is 0. The lowest BCUT2D eigenvalue weighted by molar-refractivity contribution is -0.151. The van der Waals surface area contributed by atoms with Crippen molar-refractivity contribution in [1.82, 2.24) is 10.2 Å². The van der Waals surface area contributed by atoms with Crippen LogP contribution in [0, 0.1) is 17.3 Å². The Bertz CT molecular complexity index is 391. The van der Waals surface area contributed by atoms with Gasteiger partial charge in [0.1, 0.15) is 0 Å². The average molecular weight is 296 g/mol. The van der Waals surface area contributed by atoms with E-state index in [9.17, 15) is 14.7 Å². The molecule has 120 valence electrons. The fourth-order valence-corrected chi connectivity index (χ4v) is 3.59. The fourth-order valence-electron chi connectivity index (χ4n) is 3.59. The Morgan fingerprint density at radius 2 is 2.19 bits per heavy atom. The van der Waals surface area contributed by atoms with Crippen LogP contribution in [0.3, 0.4) is 0 Å². The van der Waals surface area contributed by atoms with E-state index in [-0.39, 0.29) is 11.8 Å². The van der Waals surface area contributed by atoms with Crippen LogP contribution in [0.15, 0.2) is 0 Å². The Morgan fingerprint density at radius 1 is 1.43 bits per heavy atom. The number of piperidine rings is 1. The second-order valence-corrected chi connectivity index (χ2v) is 6.93. The van der Waals surface area contributed by atoms with E-state index in [4.69, 9.17) is 0 Å². The van der Waals surface area contributed by atoms with Crippen molar-refractivity contribution in [3.05, 3.63) is 0 Å². The average Bonchev–Trinajstić information content (AvgIpc) is 2.92. The van der Waals surface area contributed by atoms with E-state index < -0.39 is 11.4 Å². The summed E-state index contributed by atoms with van der Waals surface area (Å²) in [5.41, 5.74) is -0.748. The number of nitrogens with zero attached hydrogens (tertiary/aromatic N) is 1. The number of hydrogen-bond donors (Lipinski definition) is 2. The predicted octanol–water partition coefficient (Wildman–Crippen LogP) is 1.73. The molecule has 2 unspecified atom stereocenters. The molecule has 0 bridgehead atoms. The van der Waals surface area contributed by atoms with Gasteiger partial charge in [-0.25, -0.2) is 0 Å². The third-order valence-corrected chi connectivity index (χ3v) is 5.35. The molecule has 2 rings (SSSR count). The lowest BCUT2D eigenvalue weighted by atomic mass is 9.76. The molecule has 2 heterocycles. The Labute approximate surface area is 127 Å². The van der Waals surface area contributed by atoms with E-state index in [1.807, 2.05) is 13.8 Å². The van der Waals surface area contributed by atoms with Crippen LogP contribution in [0.1, 0.15) is 46.0 Å². The third kappa shape index (κ3) is 3.57. The van der Waals surface area contributed by atoms with Crippen molar-refractivity contribution in [3.63, 3.8) is 0 Å². The summed E-state index contributed by atoms with van der Waals surface area (Å²) in [6.45, 7) is 6.95. The monoisotopic (exact) mass is 296 g/mol. The highest BCUT2D eigenvalue weighted by Gasteiger charge is 2.48. The summed E-state index contributed by atoms with van der Waals surface area (Å²) in [4.78, 5) is 25.7. The molecule has 0 aromatic heterocycles. The molecule has 0 aromatic carbocycles. The van der Waals surface area contributed by atoms with E-state index in [2.05, 4.69) is 5.32 Å². The van der Waals surface area contributed by atoms with Crippen molar-refractivity contribution in [3.8, 4) is 0 Å². The largest absolute Gasteiger partial charge is 0.481 e. The minimum atomic E-state index is -0.760. The standard InChI is InChI=1S/C16H28N2O3/c1-12(2)16(15(20)21)7-9-18(11-16)14(19)6-5-13-4-3-8-17-10-13/h12-13,17H,3-11H2,1-2H3,(H,20,21). The maximum atomic E-state index is 12.3. The van der Waals surface area contributed by atoms with Crippen LogP contribution >= 0.6 is 0 Å². The molecule has 2 N–H and O–H groups in total. The molecule has 21 heavy (non-hydrogen) atoms. The molecule has 0 aliphatic carbocycles. The zero-order valence-corrected chi connectivity index (χ0v) is 13.2. The predicted molar refractivity (Wildman–Crippen MR) is 80.9 cm³/mol. The number of hydrogen-bond acceptors (Lipinski definition) is 3. The van der Waals surface area contributed by atoms with Gasteiger partial charge in [0.15, 0.2) is 0 Å². The number of nitrogens with one attached hydrogen (secondary N) is 1. The zero-order valence-electron chi connectivity index (χ0n) is 13.2. The molecule has 2 aliphatic heterocycles. The highest BCUT2D eigenvalue weighted by atomic mass is 16.4. The van der Waals surface area contributed by atoms with E-state index in [1.165, 1.54) is 12.8 Å². The van der Waals surface area contributed by atoms with Gasteiger partial charge in [-0.05, 0) is 50.6 Å². The minimum Gasteiger partial charge on any atom is -0.481 e. The number of carboxylic acids is 1. The number of carbonyl (C=O) groups excluding carboxylic acids is 1. The van der Waals surface area contributed by atoms with Crippen LogP contribution in [0.25, 0.3) is 0 Å². The molecule has 1 amide bonds. The molecule has 5 nitrogen and oxygen atoms in total. The van der Waals surface area contributed by atoms with Crippen molar-refractivity contribution in [1.29, 1.82) is 0 Å². The topological polar surface area (TPSA) is 69.6 Å². The maximum absolute atomic E-state index is 12.3. The van der Waals surface area contributed by atoms with Crippen LogP contribution < -0.4 is 5.32 Å². The number of aliphatic carboxylic acids is 1. The van der Waals surface area contributed by atoms with Gasteiger partial charge >= 0.3 is 5.97 Å². The first-order valence-corrected chi connectivity index (χ1v) is 8.17. The molecule has 0 saturated carbocycles. The van der Waals surface area contributed by atoms with Gasteiger partial charge in [-0.2, -0.15) is 0 Å². The number of likely N-dealkylation sites (tertiary alicyclic amines) is 1. The van der Waals surface area contributed by atoms with Gasteiger partial charge in [-0.3, -0.25) is 9.59 Å². The molecule has 0 spiro atoms. The highest BCUT2D eigenvalue weighted by Crippen LogP contribution is 2.38. The van der Waals surface area contributed by atoms with Crippen molar-refractivity contribution in [2.75, 3.05) is 26.2 Å². The third-order valence-electron chi connectivity index (χ3n) is 5.35. The number of carbonyl (C=O) groups is 2. The van der Waals surface area contributed by atoms with Crippen LogP contribution in [-0.2, 0) is 9.59 Å². The minimum absolute atomic E-state index is 0.0512. The number of carboxylic acid groups (broad SMARTS) is 1. The van der Waals surface area contributed by atoms with Gasteiger partial charge in [-0.1, -0.05) is 13.8 Å². The van der Waals surface area contributed by atoms with Gasteiger partial charge in [0.2, 0.25) is 5.91 Å². The Morgan fingerprint density at radius 3 is 2.71 bits per heavy atom. The second-order valence-electron chi connectivity index (χ2n) is 6.93. The molecule has 2 atom stereocenters. The molecule has 0 aromatic rings. The zero-order chi connectivity index (χ0) is 15.5. The lowest BCUT2D eigenvalue weighted by Gasteiger charge is -2.29. The molecule has 0 radical (unpaired) electrons. The van der Waals surface area contributed by atoms with Gasteiger partial charge in [-0.15, -0.1) is 0 Å². The van der Waals surface area contributed by atoms with Crippen LogP contribution in [0.4, 0.5) is 0 Å². The Hall–Kier alpha value is -1.10. The van der Waals surface area contributed by atoms with E-state index >= 15 is 0 Å². The lowest BCUT2D eigenvalue weighted by Crippen LogP contribution is -2.40. The summed E-state index contributed by atoms with van der Waals surface area (Å²) >= 11 is 0. The van der Waals surface area contributed by atoms with Crippen molar-refractivity contribution >= 4 is 11.9 Å². The molecular weight excluding hydrogens is 268 g/mol. The Kier molecular flexibility index (Phi) is 5.25. The number of amides is 1.